The molecular formula is C14H21N5O2. The Bertz CT molecular complexity index is 596. The van der Waals surface area contributed by atoms with Crippen LogP contribution in [0.5, 0.6) is 0 Å². The van der Waals surface area contributed by atoms with Gasteiger partial charge in [-0.1, -0.05) is 20.8 Å². The quantitative estimate of drug-likeness (QED) is 0.425. The highest BCUT2D eigenvalue weighted by atomic mass is 16.5. The lowest BCUT2D eigenvalue weighted by Crippen LogP contribution is -2.26. The standard InChI is InChI=1S/C14H21N5O2/c1-14(2,3)9-7-8(11(20)21-4)5-6-10(9)18-13(17)19-12(15)16/h5-7H,1-4H3,(H6,15,16,17,18,19). The topological polar surface area (TPSA) is 129 Å². The van der Waals surface area contributed by atoms with Crippen molar-refractivity contribution in [3.63, 3.8) is 0 Å². The molecule has 0 atom stereocenters. The van der Waals surface area contributed by atoms with Crippen molar-refractivity contribution in [2.24, 2.45) is 27.2 Å². The van der Waals surface area contributed by atoms with Gasteiger partial charge in [-0.05, 0) is 29.2 Å². The molecule has 0 aliphatic carbocycles. The van der Waals surface area contributed by atoms with E-state index in [1.807, 2.05) is 20.8 Å². The fourth-order valence-electron chi connectivity index (χ4n) is 1.76. The highest BCUT2D eigenvalue weighted by Crippen LogP contribution is 2.32. The predicted octanol–water partition coefficient (Wildman–Crippen LogP) is 0.990. The second-order valence-electron chi connectivity index (χ2n) is 5.48. The number of rotatable bonds is 2. The van der Waals surface area contributed by atoms with E-state index in [1.54, 1.807) is 18.2 Å². The third-order valence-corrected chi connectivity index (χ3v) is 2.70. The first kappa shape index (κ1) is 16.5. The molecule has 0 spiro atoms. The van der Waals surface area contributed by atoms with Crippen LogP contribution in [-0.2, 0) is 10.2 Å². The molecular weight excluding hydrogens is 270 g/mol. The van der Waals surface area contributed by atoms with Gasteiger partial charge in [0.25, 0.3) is 0 Å². The number of ether oxygens (including phenoxy) is 1. The van der Waals surface area contributed by atoms with E-state index >= 15 is 0 Å². The Kier molecular flexibility index (Phi) is 4.91. The molecule has 0 aliphatic heterocycles. The van der Waals surface area contributed by atoms with Crippen molar-refractivity contribution in [1.82, 2.24) is 0 Å². The van der Waals surface area contributed by atoms with Gasteiger partial charge in [0.1, 0.15) is 0 Å². The largest absolute Gasteiger partial charge is 0.465 e. The number of benzene rings is 1. The number of nitrogens with zero attached hydrogens (tertiary/aromatic N) is 2. The summed E-state index contributed by atoms with van der Waals surface area (Å²) in [6, 6.07) is 5.03. The molecule has 6 N–H and O–H groups in total. The van der Waals surface area contributed by atoms with Crippen molar-refractivity contribution in [3.8, 4) is 0 Å². The molecule has 0 unspecified atom stereocenters. The average molecular weight is 291 g/mol. The summed E-state index contributed by atoms with van der Waals surface area (Å²) in [5, 5.41) is 0. The third-order valence-electron chi connectivity index (χ3n) is 2.70. The van der Waals surface area contributed by atoms with E-state index in [1.165, 1.54) is 7.11 Å². The van der Waals surface area contributed by atoms with Crippen molar-refractivity contribution < 1.29 is 9.53 Å². The Morgan fingerprint density at radius 3 is 2.29 bits per heavy atom. The maximum absolute atomic E-state index is 11.6. The van der Waals surface area contributed by atoms with E-state index in [0.29, 0.717) is 11.3 Å². The van der Waals surface area contributed by atoms with Crippen molar-refractivity contribution in [3.05, 3.63) is 29.3 Å². The van der Waals surface area contributed by atoms with Gasteiger partial charge in [0.05, 0.1) is 18.4 Å². The van der Waals surface area contributed by atoms with Crippen LogP contribution in [0.1, 0.15) is 36.7 Å². The summed E-state index contributed by atoms with van der Waals surface area (Å²) in [5.41, 5.74) is 17.8. The number of hydrogen-bond donors (Lipinski definition) is 3. The summed E-state index contributed by atoms with van der Waals surface area (Å²) in [5.74, 6) is -0.626. The van der Waals surface area contributed by atoms with Gasteiger partial charge in [-0.15, -0.1) is 0 Å². The highest BCUT2D eigenvalue weighted by Gasteiger charge is 2.20. The molecule has 21 heavy (non-hydrogen) atoms. The van der Waals surface area contributed by atoms with Gasteiger partial charge >= 0.3 is 5.97 Å². The number of carbonyl (C=O) groups is 1. The lowest BCUT2D eigenvalue weighted by atomic mass is 9.85. The van der Waals surface area contributed by atoms with Crippen LogP contribution >= 0.6 is 0 Å². The van der Waals surface area contributed by atoms with Gasteiger partial charge in [-0.3, -0.25) is 0 Å². The average Bonchev–Trinajstić information content (AvgIpc) is 2.35. The molecule has 0 aliphatic rings. The summed E-state index contributed by atoms with van der Waals surface area (Å²) >= 11 is 0. The second-order valence-corrected chi connectivity index (χ2v) is 5.48. The molecule has 1 rings (SSSR count). The lowest BCUT2D eigenvalue weighted by molar-refractivity contribution is 0.0600. The number of aliphatic imine (C=N–C) groups is 2. The molecule has 0 radical (unpaired) electrons. The SMILES string of the molecule is COC(=O)c1ccc(N=C(N)N=C(N)N)c(C(C)(C)C)c1. The van der Waals surface area contributed by atoms with Crippen LogP contribution < -0.4 is 17.2 Å². The first-order chi connectivity index (χ1) is 9.65. The normalized spacial score (nSPS) is 11.9. The van der Waals surface area contributed by atoms with Crippen molar-refractivity contribution in [2.45, 2.75) is 26.2 Å². The van der Waals surface area contributed by atoms with E-state index in [9.17, 15) is 4.79 Å². The first-order valence-electron chi connectivity index (χ1n) is 6.31. The molecule has 0 saturated heterocycles. The summed E-state index contributed by atoms with van der Waals surface area (Å²) in [4.78, 5) is 19.5. The molecule has 0 bridgehead atoms. The van der Waals surface area contributed by atoms with Gasteiger partial charge in [0.15, 0.2) is 5.96 Å². The van der Waals surface area contributed by atoms with Gasteiger partial charge < -0.3 is 21.9 Å². The van der Waals surface area contributed by atoms with Crippen molar-refractivity contribution in [2.75, 3.05) is 7.11 Å². The van der Waals surface area contributed by atoms with Crippen molar-refractivity contribution in [1.29, 1.82) is 0 Å². The van der Waals surface area contributed by atoms with Gasteiger partial charge in [0, 0.05) is 0 Å². The van der Waals surface area contributed by atoms with Gasteiger partial charge in [-0.2, -0.15) is 4.99 Å². The number of nitrogens with two attached hydrogens (primary N) is 3. The number of guanidine groups is 2. The molecule has 1 aromatic rings. The molecule has 0 amide bonds. The fraction of sp³-hybridized carbons (Fsp3) is 0.357. The molecule has 0 aromatic heterocycles. The van der Waals surface area contributed by atoms with Crippen LogP contribution in [0.25, 0.3) is 0 Å². The molecule has 0 fully saturated rings. The third kappa shape index (κ3) is 4.48. The maximum atomic E-state index is 11.6. The Hall–Kier alpha value is -2.57. The van der Waals surface area contributed by atoms with Crippen LogP contribution in [0.4, 0.5) is 5.69 Å². The Morgan fingerprint density at radius 1 is 1.19 bits per heavy atom. The summed E-state index contributed by atoms with van der Waals surface area (Å²) in [6.45, 7) is 6.00. The van der Waals surface area contributed by atoms with E-state index in [4.69, 9.17) is 21.9 Å². The Labute approximate surface area is 123 Å². The number of hydrogen-bond acceptors (Lipinski definition) is 3. The zero-order chi connectivity index (χ0) is 16.2. The molecule has 0 saturated carbocycles. The molecule has 7 heteroatoms. The summed E-state index contributed by atoms with van der Waals surface area (Å²) < 4.78 is 4.72. The number of esters is 1. The highest BCUT2D eigenvalue weighted by molar-refractivity contribution is 5.94. The van der Waals surface area contributed by atoms with Crippen LogP contribution in [0, 0.1) is 0 Å². The molecule has 114 valence electrons. The predicted molar refractivity (Wildman–Crippen MR) is 83.6 cm³/mol. The van der Waals surface area contributed by atoms with Gasteiger partial charge in [-0.25, -0.2) is 9.79 Å². The minimum Gasteiger partial charge on any atom is -0.465 e. The van der Waals surface area contributed by atoms with E-state index in [-0.39, 0.29) is 17.3 Å². The molecule has 0 heterocycles. The minimum atomic E-state index is -0.409. The fourth-order valence-corrected chi connectivity index (χ4v) is 1.76. The first-order valence-corrected chi connectivity index (χ1v) is 6.31. The molecule has 1 aromatic carbocycles. The number of methoxy groups -OCH3 is 1. The lowest BCUT2D eigenvalue weighted by Gasteiger charge is -2.21. The summed E-state index contributed by atoms with van der Waals surface area (Å²) in [7, 11) is 1.34. The Morgan fingerprint density at radius 2 is 1.81 bits per heavy atom. The Balaban J connectivity index is 3.40. The van der Waals surface area contributed by atoms with Gasteiger partial charge in [0.2, 0.25) is 5.96 Å². The van der Waals surface area contributed by atoms with E-state index < -0.39 is 5.97 Å². The summed E-state index contributed by atoms with van der Waals surface area (Å²) in [6.07, 6.45) is 0. The van der Waals surface area contributed by atoms with Crippen LogP contribution in [0.2, 0.25) is 0 Å². The van der Waals surface area contributed by atoms with E-state index in [2.05, 4.69) is 9.98 Å². The van der Waals surface area contributed by atoms with Crippen LogP contribution in [-0.4, -0.2) is 25.0 Å². The van der Waals surface area contributed by atoms with Crippen LogP contribution in [0.3, 0.4) is 0 Å². The van der Waals surface area contributed by atoms with Crippen LogP contribution in [0.15, 0.2) is 28.2 Å². The zero-order valence-corrected chi connectivity index (χ0v) is 12.7. The van der Waals surface area contributed by atoms with E-state index in [0.717, 1.165) is 5.56 Å². The van der Waals surface area contributed by atoms with Crippen molar-refractivity contribution >= 4 is 23.6 Å². The smallest absolute Gasteiger partial charge is 0.337 e. The maximum Gasteiger partial charge on any atom is 0.337 e. The second kappa shape index (κ2) is 6.25. The minimum absolute atomic E-state index is 0.0497. The molecule has 7 nitrogen and oxygen atoms in total. The zero-order valence-electron chi connectivity index (χ0n) is 12.7. The monoisotopic (exact) mass is 291 g/mol. The number of carbonyl (C=O) groups excluding carboxylic acids is 1.